The Morgan fingerprint density at radius 2 is 2.00 bits per heavy atom. The second kappa shape index (κ2) is 7.35. The van der Waals surface area contributed by atoms with Gasteiger partial charge in [0.1, 0.15) is 0 Å². The van der Waals surface area contributed by atoms with E-state index in [4.69, 9.17) is 0 Å². The van der Waals surface area contributed by atoms with Gasteiger partial charge in [0.15, 0.2) is 0 Å². The Morgan fingerprint density at radius 1 is 1.17 bits per heavy atom. The fraction of sp³-hybridized carbons (Fsp3) is 0.632. The smallest absolute Gasteiger partial charge is 0.321 e. The van der Waals surface area contributed by atoms with Gasteiger partial charge in [0, 0.05) is 24.3 Å². The molecule has 1 unspecified atom stereocenters. The van der Waals surface area contributed by atoms with Gasteiger partial charge in [-0.15, -0.1) is 0 Å². The number of carbonyl (C=O) groups is 1. The van der Waals surface area contributed by atoms with Gasteiger partial charge in [0.05, 0.1) is 0 Å². The zero-order valence-electron chi connectivity index (χ0n) is 14.3. The van der Waals surface area contributed by atoms with Crippen LogP contribution >= 0.6 is 0 Å². The van der Waals surface area contributed by atoms with Crippen molar-refractivity contribution in [2.24, 2.45) is 0 Å². The number of nitrogens with zero attached hydrogens (tertiary/aromatic N) is 2. The van der Waals surface area contributed by atoms with Crippen LogP contribution in [0.1, 0.15) is 45.4 Å². The highest BCUT2D eigenvalue weighted by atomic mass is 16.2. The van der Waals surface area contributed by atoms with E-state index in [0.29, 0.717) is 0 Å². The summed E-state index contributed by atoms with van der Waals surface area (Å²) in [6.45, 7) is 6.42. The highest BCUT2D eigenvalue weighted by Crippen LogP contribution is 2.38. The van der Waals surface area contributed by atoms with Crippen molar-refractivity contribution in [2.75, 3.05) is 31.5 Å². The third kappa shape index (κ3) is 3.69. The molecule has 4 heteroatoms. The summed E-state index contributed by atoms with van der Waals surface area (Å²) in [4.78, 5) is 17.2. The Bertz CT molecular complexity index is 519. The first-order chi connectivity index (χ1) is 11.2. The molecule has 1 aromatic rings. The molecule has 0 aromatic heterocycles. The molecule has 2 aliphatic rings. The molecule has 3 rings (SSSR count). The van der Waals surface area contributed by atoms with Crippen LogP contribution in [-0.4, -0.2) is 47.5 Å². The number of unbranched alkanes of at least 4 members (excludes halogenated alkanes) is 2. The molecule has 1 aromatic carbocycles. The fourth-order valence-corrected chi connectivity index (χ4v) is 4.11. The van der Waals surface area contributed by atoms with Gasteiger partial charge in [-0.2, -0.15) is 0 Å². The minimum absolute atomic E-state index is 0.0495. The zero-order chi connectivity index (χ0) is 16.1. The van der Waals surface area contributed by atoms with E-state index >= 15 is 0 Å². The molecule has 0 bridgehead atoms. The average molecular weight is 315 g/mol. The summed E-state index contributed by atoms with van der Waals surface area (Å²) in [5.74, 6) is 0. The summed E-state index contributed by atoms with van der Waals surface area (Å²) in [5, 5.41) is 3.03. The highest BCUT2D eigenvalue weighted by molar-refractivity contribution is 5.89. The van der Waals surface area contributed by atoms with Crippen molar-refractivity contribution in [2.45, 2.75) is 51.0 Å². The first-order valence-corrected chi connectivity index (χ1v) is 9.09. The molecule has 1 N–H and O–H groups in total. The molecule has 23 heavy (non-hydrogen) atoms. The van der Waals surface area contributed by atoms with Gasteiger partial charge >= 0.3 is 6.03 Å². The number of hydrogen-bond acceptors (Lipinski definition) is 2. The molecule has 2 fully saturated rings. The van der Waals surface area contributed by atoms with E-state index in [1.165, 1.54) is 45.2 Å². The number of benzene rings is 1. The van der Waals surface area contributed by atoms with Crippen LogP contribution in [0.25, 0.3) is 0 Å². The second-order valence-electron chi connectivity index (χ2n) is 6.99. The second-order valence-corrected chi connectivity index (χ2v) is 6.99. The molecule has 2 aliphatic heterocycles. The predicted octanol–water partition coefficient (Wildman–Crippen LogP) is 3.95. The zero-order valence-corrected chi connectivity index (χ0v) is 14.3. The molecule has 1 spiro atoms. The van der Waals surface area contributed by atoms with Crippen LogP contribution in [0.5, 0.6) is 0 Å². The first-order valence-electron chi connectivity index (χ1n) is 9.09. The molecule has 0 saturated carbocycles. The molecular formula is C19H29N3O. The van der Waals surface area contributed by atoms with Crippen molar-refractivity contribution < 1.29 is 4.79 Å². The van der Waals surface area contributed by atoms with Gasteiger partial charge in [-0.1, -0.05) is 38.0 Å². The summed E-state index contributed by atoms with van der Waals surface area (Å²) in [6.07, 6.45) is 7.52. The fourth-order valence-electron chi connectivity index (χ4n) is 4.11. The SMILES string of the molecule is CCCCCN1CCCC12CCN(C(=O)Nc1ccccc1)C2. The molecule has 1 atom stereocenters. The van der Waals surface area contributed by atoms with Crippen molar-refractivity contribution in [1.82, 2.24) is 9.80 Å². The summed E-state index contributed by atoms with van der Waals surface area (Å²) < 4.78 is 0. The molecule has 4 nitrogen and oxygen atoms in total. The van der Waals surface area contributed by atoms with Gasteiger partial charge in [-0.25, -0.2) is 4.79 Å². The van der Waals surface area contributed by atoms with E-state index in [1.807, 2.05) is 35.2 Å². The number of urea groups is 1. The number of carbonyl (C=O) groups excluding carboxylic acids is 1. The van der Waals surface area contributed by atoms with E-state index in [2.05, 4.69) is 17.1 Å². The van der Waals surface area contributed by atoms with Gasteiger partial charge < -0.3 is 10.2 Å². The molecule has 0 radical (unpaired) electrons. The van der Waals surface area contributed by atoms with Crippen LogP contribution in [0.15, 0.2) is 30.3 Å². The lowest BCUT2D eigenvalue weighted by Crippen LogP contribution is -2.47. The third-order valence-electron chi connectivity index (χ3n) is 5.42. The van der Waals surface area contributed by atoms with E-state index in [0.717, 1.165) is 25.2 Å². The van der Waals surface area contributed by atoms with E-state index in [-0.39, 0.29) is 11.6 Å². The first kappa shape index (κ1) is 16.3. The summed E-state index contributed by atoms with van der Waals surface area (Å²) in [7, 11) is 0. The van der Waals surface area contributed by atoms with Crippen molar-refractivity contribution >= 4 is 11.7 Å². The number of rotatable bonds is 5. The van der Waals surface area contributed by atoms with Crippen molar-refractivity contribution in [3.8, 4) is 0 Å². The molecule has 2 heterocycles. The number of nitrogens with one attached hydrogen (secondary N) is 1. The predicted molar refractivity (Wildman–Crippen MR) is 94.7 cm³/mol. The molecule has 0 aliphatic carbocycles. The standard InChI is InChI=1S/C19H29N3O/c1-2-3-7-13-22-14-8-11-19(22)12-15-21(16-19)18(23)20-17-9-5-4-6-10-17/h4-6,9-10H,2-3,7-8,11-16H2,1H3,(H,20,23). The molecule has 2 amide bonds. The Labute approximate surface area is 139 Å². The minimum Gasteiger partial charge on any atom is -0.323 e. The van der Waals surface area contributed by atoms with Crippen molar-refractivity contribution in [3.05, 3.63) is 30.3 Å². The lowest BCUT2D eigenvalue weighted by Gasteiger charge is -2.35. The summed E-state index contributed by atoms with van der Waals surface area (Å²) in [5.41, 5.74) is 1.13. The number of para-hydroxylation sites is 1. The molecular weight excluding hydrogens is 286 g/mol. The average Bonchev–Trinajstić information content (AvgIpc) is 3.17. The van der Waals surface area contributed by atoms with Crippen LogP contribution in [0.3, 0.4) is 0 Å². The van der Waals surface area contributed by atoms with Gasteiger partial charge in [-0.3, -0.25) is 4.90 Å². The van der Waals surface area contributed by atoms with Crippen molar-refractivity contribution in [3.63, 3.8) is 0 Å². The Kier molecular flexibility index (Phi) is 5.21. The maximum Gasteiger partial charge on any atom is 0.321 e. The van der Waals surface area contributed by atoms with E-state index in [1.54, 1.807) is 0 Å². The Balaban J connectivity index is 1.57. The molecule has 2 saturated heterocycles. The minimum atomic E-state index is 0.0495. The van der Waals surface area contributed by atoms with Crippen LogP contribution < -0.4 is 5.32 Å². The largest absolute Gasteiger partial charge is 0.323 e. The number of amides is 2. The summed E-state index contributed by atoms with van der Waals surface area (Å²) in [6, 6.07) is 9.80. The van der Waals surface area contributed by atoms with Gasteiger partial charge in [0.25, 0.3) is 0 Å². The van der Waals surface area contributed by atoms with Crippen LogP contribution in [-0.2, 0) is 0 Å². The number of hydrogen-bond donors (Lipinski definition) is 1. The maximum absolute atomic E-state index is 12.5. The van der Waals surface area contributed by atoms with Gasteiger partial charge in [0.2, 0.25) is 0 Å². The topological polar surface area (TPSA) is 35.6 Å². The van der Waals surface area contributed by atoms with Crippen LogP contribution in [0, 0.1) is 0 Å². The van der Waals surface area contributed by atoms with Crippen LogP contribution in [0.2, 0.25) is 0 Å². The Hall–Kier alpha value is -1.55. The lowest BCUT2D eigenvalue weighted by atomic mass is 9.95. The highest BCUT2D eigenvalue weighted by Gasteiger charge is 2.46. The van der Waals surface area contributed by atoms with E-state index < -0.39 is 0 Å². The third-order valence-corrected chi connectivity index (χ3v) is 5.42. The summed E-state index contributed by atoms with van der Waals surface area (Å²) >= 11 is 0. The quantitative estimate of drug-likeness (QED) is 0.835. The van der Waals surface area contributed by atoms with E-state index in [9.17, 15) is 4.79 Å². The monoisotopic (exact) mass is 315 g/mol. The number of likely N-dealkylation sites (tertiary alicyclic amines) is 2. The van der Waals surface area contributed by atoms with Crippen LogP contribution in [0.4, 0.5) is 10.5 Å². The maximum atomic E-state index is 12.5. The lowest BCUT2D eigenvalue weighted by molar-refractivity contribution is 0.141. The normalized spacial score (nSPS) is 24.5. The molecule has 126 valence electrons. The Morgan fingerprint density at radius 3 is 2.78 bits per heavy atom. The number of anilines is 1. The van der Waals surface area contributed by atoms with Gasteiger partial charge in [-0.05, 0) is 50.9 Å². The van der Waals surface area contributed by atoms with Crippen molar-refractivity contribution in [1.29, 1.82) is 0 Å².